The molecule has 0 fully saturated rings. The highest BCUT2D eigenvalue weighted by molar-refractivity contribution is 5.94. The van der Waals surface area contributed by atoms with Gasteiger partial charge >= 0.3 is 0 Å². The minimum atomic E-state index is -0.0940. The summed E-state index contributed by atoms with van der Waals surface area (Å²) < 4.78 is 5.76. The molecule has 0 aliphatic carbocycles. The first kappa shape index (κ1) is 15.4. The summed E-state index contributed by atoms with van der Waals surface area (Å²) in [7, 11) is 0. The lowest BCUT2D eigenvalue weighted by Gasteiger charge is -2.27. The van der Waals surface area contributed by atoms with E-state index in [1.165, 1.54) is 6.33 Å². The summed E-state index contributed by atoms with van der Waals surface area (Å²) in [6, 6.07) is 13.3. The molecule has 1 amide bonds. The van der Waals surface area contributed by atoms with Crippen LogP contribution >= 0.6 is 0 Å². The standard InChI is InChI=1S/C19H18N4O2/c1-12-3-2-4-15-16(9-10-25-17(12)15)22-19(24)14-7-5-13(6-8-14)18-20-11-21-23-18/h2-8,11,16H,9-10H2,1H3,(H,22,24)(H,20,21,23)/t16-/m0/s1. The molecule has 25 heavy (non-hydrogen) atoms. The molecule has 0 unspecified atom stereocenters. The molecule has 1 aliphatic heterocycles. The van der Waals surface area contributed by atoms with Crippen molar-refractivity contribution in [3.05, 3.63) is 65.5 Å². The van der Waals surface area contributed by atoms with Crippen LogP contribution in [0, 0.1) is 6.92 Å². The molecular formula is C19H18N4O2. The Bertz CT molecular complexity index is 888. The topological polar surface area (TPSA) is 79.9 Å². The molecule has 2 N–H and O–H groups in total. The van der Waals surface area contributed by atoms with E-state index in [9.17, 15) is 4.79 Å². The largest absolute Gasteiger partial charge is 0.493 e. The van der Waals surface area contributed by atoms with Crippen molar-refractivity contribution in [2.45, 2.75) is 19.4 Å². The van der Waals surface area contributed by atoms with Crippen molar-refractivity contribution in [1.29, 1.82) is 0 Å². The van der Waals surface area contributed by atoms with Crippen LogP contribution in [0.15, 0.2) is 48.8 Å². The second kappa shape index (κ2) is 6.39. The van der Waals surface area contributed by atoms with Gasteiger partial charge in [-0.2, -0.15) is 5.10 Å². The molecule has 6 nitrogen and oxygen atoms in total. The summed E-state index contributed by atoms with van der Waals surface area (Å²) in [6.45, 7) is 2.62. The normalized spacial score (nSPS) is 16.0. The summed E-state index contributed by atoms with van der Waals surface area (Å²) >= 11 is 0. The number of aromatic nitrogens is 3. The first-order valence-electron chi connectivity index (χ1n) is 8.21. The molecular weight excluding hydrogens is 316 g/mol. The predicted octanol–water partition coefficient (Wildman–Crippen LogP) is 3.03. The number of nitrogens with one attached hydrogen (secondary N) is 2. The fraction of sp³-hybridized carbons (Fsp3) is 0.211. The van der Waals surface area contributed by atoms with Crippen LogP contribution in [0.2, 0.25) is 0 Å². The zero-order chi connectivity index (χ0) is 17.2. The minimum absolute atomic E-state index is 0.0369. The molecule has 4 rings (SSSR count). The molecule has 126 valence electrons. The minimum Gasteiger partial charge on any atom is -0.493 e. The summed E-state index contributed by atoms with van der Waals surface area (Å²) in [5, 5.41) is 9.76. The van der Waals surface area contributed by atoms with Crippen molar-refractivity contribution in [2.75, 3.05) is 6.61 Å². The number of nitrogens with zero attached hydrogens (tertiary/aromatic N) is 2. The monoisotopic (exact) mass is 334 g/mol. The Hall–Kier alpha value is -3.15. The number of carbonyl (C=O) groups excluding carboxylic acids is 1. The Labute approximate surface area is 145 Å². The maximum atomic E-state index is 12.6. The van der Waals surface area contributed by atoms with Crippen LogP contribution in [0.4, 0.5) is 0 Å². The van der Waals surface area contributed by atoms with Gasteiger partial charge in [-0.25, -0.2) is 4.98 Å². The molecule has 0 saturated heterocycles. The average Bonchev–Trinajstić information content (AvgIpc) is 3.17. The number of rotatable bonds is 3. The van der Waals surface area contributed by atoms with Gasteiger partial charge in [0.1, 0.15) is 12.1 Å². The van der Waals surface area contributed by atoms with E-state index in [1.54, 1.807) is 12.1 Å². The van der Waals surface area contributed by atoms with E-state index in [2.05, 4.69) is 20.5 Å². The fourth-order valence-corrected chi connectivity index (χ4v) is 3.10. The molecule has 2 heterocycles. The number of para-hydroxylation sites is 1. The van der Waals surface area contributed by atoms with Crippen molar-refractivity contribution in [3.63, 3.8) is 0 Å². The van der Waals surface area contributed by atoms with Gasteiger partial charge in [-0.15, -0.1) is 0 Å². The van der Waals surface area contributed by atoms with Gasteiger partial charge in [0, 0.05) is 23.1 Å². The second-order valence-corrected chi connectivity index (χ2v) is 6.07. The number of fused-ring (bicyclic) bond motifs is 1. The maximum Gasteiger partial charge on any atom is 0.251 e. The van der Waals surface area contributed by atoms with Crippen molar-refractivity contribution in [1.82, 2.24) is 20.5 Å². The van der Waals surface area contributed by atoms with E-state index in [0.29, 0.717) is 18.0 Å². The van der Waals surface area contributed by atoms with Gasteiger partial charge in [0.15, 0.2) is 5.82 Å². The van der Waals surface area contributed by atoms with Gasteiger partial charge in [0.2, 0.25) is 0 Å². The van der Waals surface area contributed by atoms with Gasteiger partial charge < -0.3 is 10.1 Å². The molecule has 1 aliphatic rings. The van der Waals surface area contributed by atoms with Gasteiger partial charge in [0.05, 0.1) is 12.6 Å². The third-order valence-electron chi connectivity index (χ3n) is 4.41. The number of H-pyrrole nitrogens is 1. The maximum absolute atomic E-state index is 12.6. The Balaban J connectivity index is 1.52. The number of ether oxygens (including phenoxy) is 1. The van der Waals surface area contributed by atoms with Crippen LogP contribution in [0.25, 0.3) is 11.4 Å². The molecule has 6 heteroatoms. The number of aromatic amines is 1. The smallest absolute Gasteiger partial charge is 0.251 e. The third kappa shape index (κ3) is 2.98. The quantitative estimate of drug-likeness (QED) is 0.771. The molecule has 1 aromatic heterocycles. The molecule has 0 saturated carbocycles. The van der Waals surface area contributed by atoms with Crippen LogP contribution in [0.5, 0.6) is 5.75 Å². The Morgan fingerprint density at radius 2 is 2.08 bits per heavy atom. The van der Waals surface area contributed by atoms with Crippen molar-refractivity contribution in [3.8, 4) is 17.1 Å². The molecule has 0 spiro atoms. The number of hydrogen-bond acceptors (Lipinski definition) is 4. The number of carbonyl (C=O) groups is 1. The Morgan fingerprint density at radius 1 is 1.24 bits per heavy atom. The van der Waals surface area contributed by atoms with Crippen molar-refractivity contribution < 1.29 is 9.53 Å². The van der Waals surface area contributed by atoms with E-state index in [0.717, 1.165) is 28.9 Å². The van der Waals surface area contributed by atoms with Crippen LogP contribution in [-0.4, -0.2) is 27.7 Å². The number of amides is 1. The number of aryl methyl sites for hydroxylation is 1. The SMILES string of the molecule is Cc1cccc2c1OCC[C@@H]2NC(=O)c1ccc(-c2ncn[nH]2)cc1. The lowest BCUT2D eigenvalue weighted by molar-refractivity contribution is 0.0924. The van der Waals surface area contributed by atoms with Gasteiger partial charge in [-0.3, -0.25) is 9.89 Å². The summed E-state index contributed by atoms with van der Waals surface area (Å²) in [6.07, 6.45) is 2.22. The lowest BCUT2D eigenvalue weighted by Crippen LogP contribution is -2.32. The zero-order valence-corrected chi connectivity index (χ0v) is 13.8. The van der Waals surface area contributed by atoms with Crippen LogP contribution < -0.4 is 10.1 Å². The van der Waals surface area contributed by atoms with E-state index >= 15 is 0 Å². The summed E-state index contributed by atoms with van der Waals surface area (Å²) in [5.74, 6) is 1.48. The first-order chi connectivity index (χ1) is 12.2. The van der Waals surface area contributed by atoms with Crippen molar-refractivity contribution in [2.24, 2.45) is 0 Å². The average molecular weight is 334 g/mol. The predicted molar refractivity (Wildman–Crippen MR) is 93.3 cm³/mol. The molecule has 2 aromatic carbocycles. The van der Waals surface area contributed by atoms with Crippen LogP contribution in [0.3, 0.4) is 0 Å². The first-order valence-corrected chi connectivity index (χ1v) is 8.21. The Morgan fingerprint density at radius 3 is 2.84 bits per heavy atom. The van der Waals surface area contributed by atoms with Crippen LogP contribution in [0.1, 0.15) is 33.9 Å². The summed E-state index contributed by atoms with van der Waals surface area (Å²) in [5.41, 5.74) is 3.63. The van der Waals surface area contributed by atoms with Gasteiger partial charge in [-0.05, 0) is 24.6 Å². The van der Waals surface area contributed by atoms with E-state index in [4.69, 9.17) is 4.74 Å². The lowest BCUT2D eigenvalue weighted by atomic mass is 9.97. The van der Waals surface area contributed by atoms with Gasteiger partial charge in [-0.1, -0.05) is 30.3 Å². The van der Waals surface area contributed by atoms with E-state index in [-0.39, 0.29) is 11.9 Å². The Kier molecular flexibility index (Phi) is 3.93. The van der Waals surface area contributed by atoms with Crippen LogP contribution in [-0.2, 0) is 0 Å². The highest BCUT2D eigenvalue weighted by atomic mass is 16.5. The highest BCUT2D eigenvalue weighted by Crippen LogP contribution is 2.34. The second-order valence-electron chi connectivity index (χ2n) is 6.07. The third-order valence-corrected chi connectivity index (χ3v) is 4.41. The van der Waals surface area contributed by atoms with E-state index < -0.39 is 0 Å². The molecule has 1 atom stereocenters. The molecule has 3 aromatic rings. The number of hydrogen-bond donors (Lipinski definition) is 2. The summed E-state index contributed by atoms with van der Waals surface area (Å²) in [4.78, 5) is 16.7. The van der Waals surface area contributed by atoms with E-state index in [1.807, 2.05) is 37.3 Å². The highest BCUT2D eigenvalue weighted by Gasteiger charge is 2.24. The molecule has 0 radical (unpaired) electrons. The zero-order valence-electron chi connectivity index (χ0n) is 13.8. The molecule has 0 bridgehead atoms. The van der Waals surface area contributed by atoms with Crippen molar-refractivity contribution >= 4 is 5.91 Å². The fourth-order valence-electron chi connectivity index (χ4n) is 3.10. The van der Waals surface area contributed by atoms with Gasteiger partial charge in [0.25, 0.3) is 5.91 Å². The number of benzene rings is 2.